The summed E-state index contributed by atoms with van der Waals surface area (Å²) in [6.07, 6.45) is -1.03. The molecule has 7 nitrogen and oxygen atoms in total. The molecule has 0 bridgehead atoms. The van der Waals surface area contributed by atoms with Crippen molar-refractivity contribution in [1.29, 1.82) is 5.26 Å². The summed E-state index contributed by atoms with van der Waals surface area (Å²) in [5, 5.41) is 13.0. The third kappa shape index (κ3) is 6.52. The first-order valence-corrected chi connectivity index (χ1v) is 13.2. The Hall–Kier alpha value is -4.78. The van der Waals surface area contributed by atoms with E-state index in [1.807, 2.05) is 30.3 Å². The van der Waals surface area contributed by atoms with Gasteiger partial charge in [-0.3, -0.25) is 9.59 Å². The first kappa shape index (κ1) is 27.8. The second-order valence-electron chi connectivity index (χ2n) is 9.93. The average Bonchev–Trinajstić information content (AvgIpc) is 3.63. The number of aromatic amines is 1. The fourth-order valence-electron chi connectivity index (χ4n) is 5.12. The van der Waals surface area contributed by atoms with E-state index in [2.05, 4.69) is 15.0 Å². The van der Waals surface area contributed by atoms with E-state index in [0.717, 1.165) is 35.4 Å². The number of hydrogen-bond donors (Lipinski definition) is 2. The summed E-state index contributed by atoms with van der Waals surface area (Å²) in [7, 11) is 0. The minimum absolute atomic E-state index is 0.0487. The van der Waals surface area contributed by atoms with Crippen LogP contribution in [0.25, 0.3) is 22.0 Å². The van der Waals surface area contributed by atoms with Crippen molar-refractivity contribution in [2.24, 2.45) is 0 Å². The number of ether oxygens (including phenoxy) is 1. The minimum atomic E-state index is -5.01. The molecule has 3 aromatic carbocycles. The largest absolute Gasteiger partial charge is 0.573 e. The first-order valence-electron chi connectivity index (χ1n) is 13.2. The molecular formula is C31H27F3N4O3. The number of alkyl halides is 3. The van der Waals surface area contributed by atoms with E-state index in [9.17, 15) is 28.0 Å². The van der Waals surface area contributed by atoms with Crippen LogP contribution >= 0.6 is 0 Å². The molecule has 1 saturated heterocycles. The van der Waals surface area contributed by atoms with E-state index in [4.69, 9.17) is 0 Å². The third-order valence-electron chi connectivity index (χ3n) is 7.12. The van der Waals surface area contributed by atoms with Gasteiger partial charge in [-0.05, 0) is 66.3 Å². The normalized spacial score (nSPS) is 14.0. The number of benzene rings is 3. The predicted octanol–water partition coefficient (Wildman–Crippen LogP) is 6.22. The van der Waals surface area contributed by atoms with Gasteiger partial charge < -0.3 is 19.9 Å². The highest BCUT2D eigenvalue weighted by atomic mass is 19.4. The molecule has 41 heavy (non-hydrogen) atoms. The van der Waals surface area contributed by atoms with Crippen LogP contribution in [0.5, 0.6) is 5.75 Å². The number of aromatic nitrogens is 1. The number of H-pyrrole nitrogens is 1. The van der Waals surface area contributed by atoms with Gasteiger partial charge in [0, 0.05) is 41.8 Å². The molecule has 1 aromatic heterocycles. The highest BCUT2D eigenvalue weighted by molar-refractivity contribution is 5.99. The molecule has 1 aliphatic rings. The fourth-order valence-corrected chi connectivity index (χ4v) is 5.12. The number of nitrogens with zero attached hydrogens (tertiary/aromatic N) is 2. The number of para-hydroxylation sites is 1. The number of amides is 2. The van der Waals surface area contributed by atoms with Crippen LogP contribution in [-0.2, 0) is 6.42 Å². The van der Waals surface area contributed by atoms with Gasteiger partial charge in [-0.1, -0.05) is 36.4 Å². The maximum absolute atomic E-state index is 13.4. The molecular weight excluding hydrogens is 533 g/mol. The van der Waals surface area contributed by atoms with Crippen LogP contribution in [0.15, 0.2) is 72.9 Å². The second-order valence-corrected chi connectivity index (χ2v) is 9.93. The minimum Gasteiger partial charge on any atom is -0.405 e. The Balaban J connectivity index is 1.41. The van der Waals surface area contributed by atoms with Crippen molar-refractivity contribution in [1.82, 2.24) is 15.2 Å². The van der Waals surface area contributed by atoms with Crippen LogP contribution in [0.1, 0.15) is 45.5 Å². The first-order chi connectivity index (χ1) is 19.7. The Bertz CT molecular complexity index is 1600. The molecule has 10 heteroatoms. The quantitative estimate of drug-likeness (QED) is 0.267. The van der Waals surface area contributed by atoms with Gasteiger partial charge in [0.1, 0.15) is 5.75 Å². The molecule has 1 atom stereocenters. The number of carbonyl (C=O) groups is 2. The van der Waals surface area contributed by atoms with Crippen LogP contribution in [0.2, 0.25) is 0 Å². The van der Waals surface area contributed by atoms with Gasteiger partial charge in [0.05, 0.1) is 18.1 Å². The van der Waals surface area contributed by atoms with Crippen molar-refractivity contribution < 1.29 is 27.5 Å². The molecule has 5 rings (SSSR count). The lowest BCUT2D eigenvalue weighted by Gasteiger charge is -2.19. The van der Waals surface area contributed by atoms with Crippen LogP contribution < -0.4 is 10.1 Å². The molecule has 0 spiro atoms. The van der Waals surface area contributed by atoms with E-state index < -0.39 is 24.1 Å². The molecule has 0 radical (unpaired) electrons. The van der Waals surface area contributed by atoms with E-state index in [1.54, 1.807) is 35.4 Å². The number of rotatable bonds is 8. The summed E-state index contributed by atoms with van der Waals surface area (Å²) < 4.78 is 43.8. The number of nitriles is 1. The predicted molar refractivity (Wildman–Crippen MR) is 147 cm³/mol. The summed E-state index contributed by atoms with van der Waals surface area (Å²) in [5.41, 5.74) is 3.04. The topological polar surface area (TPSA) is 98.2 Å². The lowest BCUT2D eigenvalue weighted by atomic mass is 9.99. The van der Waals surface area contributed by atoms with Gasteiger partial charge in [-0.15, -0.1) is 13.2 Å². The number of fused-ring (bicyclic) bond motifs is 1. The molecule has 210 valence electrons. The summed E-state index contributed by atoms with van der Waals surface area (Å²) >= 11 is 0. The van der Waals surface area contributed by atoms with E-state index in [1.165, 1.54) is 12.1 Å². The Morgan fingerprint density at radius 3 is 2.44 bits per heavy atom. The lowest BCUT2D eigenvalue weighted by Crippen LogP contribution is -2.36. The van der Waals surface area contributed by atoms with E-state index >= 15 is 0 Å². The van der Waals surface area contributed by atoms with Crippen molar-refractivity contribution in [3.05, 3.63) is 89.6 Å². The number of nitrogens with one attached hydrogen (secondary N) is 2. The number of carbonyl (C=O) groups excluding carboxylic acids is 2. The Kier molecular flexibility index (Phi) is 7.97. The molecule has 1 unspecified atom stereocenters. The summed E-state index contributed by atoms with van der Waals surface area (Å²) in [5.74, 6) is -1.52. The van der Waals surface area contributed by atoms with Gasteiger partial charge in [0.25, 0.3) is 11.8 Å². The third-order valence-corrected chi connectivity index (χ3v) is 7.12. The lowest BCUT2D eigenvalue weighted by molar-refractivity contribution is -0.274. The van der Waals surface area contributed by atoms with Gasteiger partial charge in [-0.25, -0.2) is 0 Å². The van der Waals surface area contributed by atoms with E-state index in [-0.39, 0.29) is 17.9 Å². The van der Waals surface area contributed by atoms with E-state index in [0.29, 0.717) is 36.2 Å². The number of halogens is 3. The van der Waals surface area contributed by atoms with Crippen LogP contribution in [-0.4, -0.2) is 47.2 Å². The monoisotopic (exact) mass is 560 g/mol. The van der Waals surface area contributed by atoms with Crippen molar-refractivity contribution in [2.75, 3.05) is 13.1 Å². The highest BCUT2D eigenvalue weighted by Gasteiger charge is 2.33. The smallest absolute Gasteiger partial charge is 0.405 e. The second kappa shape index (κ2) is 11.8. The van der Waals surface area contributed by atoms with Gasteiger partial charge in [0.15, 0.2) is 0 Å². The molecule has 2 amide bonds. The molecule has 4 aromatic rings. The molecule has 1 fully saturated rings. The standard InChI is InChI=1S/C31H27F3N4O3/c32-31(33,34)41-28-12-11-22(20-7-9-21(10-8-20)30(40)38-15-3-4-16-38)18-26(28)29(39)37-24(13-14-35)17-23-19-36-27-6-2-1-5-25(23)27/h1-2,5-12,18-19,24,36H,3-4,13,15-17H2,(H,37,39). The van der Waals surface area contributed by atoms with Gasteiger partial charge in [0.2, 0.25) is 0 Å². The molecule has 0 saturated carbocycles. The maximum atomic E-state index is 13.4. The Labute approximate surface area is 234 Å². The van der Waals surface area contributed by atoms with Gasteiger partial charge in [-0.2, -0.15) is 5.26 Å². The summed E-state index contributed by atoms with van der Waals surface area (Å²) in [6, 6.07) is 19.5. The Morgan fingerprint density at radius 1 is 1.02 bits per heavy atom. The molecule has 2 N–H and O–H groups in total. The van der Waals surface area contributed by atoms with Gasteiger partial charge >= 0.3 is 6.36 Å². The molecule has 1 aliphatic heterocycles. The van der Waals surface area contributed by atoms with Crippen LogP contribution in [0.4, 0.5) is 13.2 Å². The zero-order valence-electron chi connectivity index (χ0n) is 22.0. The van der Waals surface area contributed by atoms with Crippen molar-refractivity contribution in [3.63, 3.8) is 0 Å². The molecule has 0 aliphatic carbocycles. The zero-order chi connectivity index (χ0) is 29.0. The van der Waals surface area contributed by atoms with Crippen molar-refractivity contribution in [3.8, 4) is 22.9 Å². The number of likely N-dealkylation sites (tertiary alicyclic amines) is 1. The van der Waals surface area contributed by atoms with Crippen LogP contribution in [0.3, 0.4) is 0 Å². The SMILES string of the molecule is N#CCC(Cc1c[nH]c2ccccc12)NC(=O)c1cc(-c2ccc(C(=O)N3CCCC3)cc2)ccc1OC(F)(F)F. The van der Waals surface area contributed by atoms with Crippen molar-refractivity contribution in [2.45, 2.75) is 38.1 Å². The highest BCUT2D eigenvalue weighted by Crippen LogP contribution is 2.31. The van der Waals surface area contributed by atoms with Crippen molar-refractivity contribution >= 4 is 22.7 Å². The number of hydrogen-bond acceptors (Lipinski definition) is 4. The molecule has 2 heterocycles. The zero-order valence-corrected chi connectivity index (χ0v) is 22.0. The Morgan fingerprint density at radius 2 is 1.73 bits per heavy atom. The fraction of sp³-hybridized carbons (Fsp3) is 0.258. The maximum Gasteiger partial charge on any atom is 0.573 e. The summed E-state index contributed by atoms with van der Waals surface area (Å²) in [6.45, 7) is 1.43. The van der Waals surface area contributed by atoms with Crippen LogP contribution in [0, 0.1) is 11.3 Å². The average molecular weight is 561 g/mol. The summed E-state index contributed by atoms with van der Waals surface area (Å²) in [4.78, 5) is 31.0.